The van der Waals surface area contributed by atoms with Crippen molar-refractivity contribution in [1.82, 2.24) is 0 Å². The molecule has 2 heterocycles. The van der Waals surface area contributed by atoms with Crippen molar-refractivity contribution in [2.24, 2.45) is 0 Å². The summed E-state index contributed by atoms with van der Waals surface area (Å²) >= 11 is 0. The number of carbonyl (C=O) groups excluding carboxylic acids is 1. The van der Waals surface area contributed by atoms with Crippen molar-refractivity contribution in [3.8, 4) is 11.5 Å². The van der Waals surface area contributed by atoms with Gasteiger partial charge in [-0.15, -0.1) is 0 Å². The number of phenolic OH excluding ortho intramolecular Hbond substituents is 1. The van der Waals surface area contributed by atoms with Crippen LogP contribution in [0.5, 0.6) is 11.5 Å². The number of aryl methyl sites for hydroxylation is 1. The van der Waals surface area contributed by atoms with Crippen LogP contribution in [0.4, 0.5) is 0 Å². The SMILES string of the molecule is COc1cc(C)c2c(=O)cc(C[C@@H](C)O)oc2c1[C@H]1O[C@H](CO)[C@@H](O)[C@H](O)[C@H]1OC(=O)/C=C/c1ccc(O)cc1. The third-order valence-electron chi connectivity index (χ3n) is 6.68. The van der Waals surface area contributed by atoms with Gasteiger partial charge in [0.15, 0.2) is 11.5 Å². The number of hydrogen-bond donors (Lipinski definition) is 5. The Balaban J connectivity index is 1.83. The number of aliphatic hydroxyl groups is 4. The Bertz CT molecular complexity index is 1440. The lowest BCUT2D eigenvalue weighted by Crippen LogP contribution is -2.56. The number of methoxy groups -OCH3 is 1. The summed E-state index contributed by atoms with van der Waals surface area (Å²) in [5.41, 5.74) is 0.876. The summed E-state index contributed by atoms with van der Waals surface area (Å²) < 4.78 is 23.2. The van der Waals surface area contributed by atoms with Crippen LogP contribution in [-0.4, -0.2) is 75.7 Å². The maximum atomic E-state index is 13.1. The van der Waals surface area contributed by atoms with Gasteiger partial charge in [0, 0.05) is 18.6 Å². The van der Waals surface area contributed by atoms with Gasteiger partial charge in [-0.25, -0.2) is 4.79 Å². The number of benzene rings is 2. The van der Waals surface area contributed by atoms with Crippen molar-refractivity contribution in [2.45, 2.75) is 56.9 Å². The fourth-order valence-electron chi connectivity index (χ4n) is 4.77. The molecule has 0 radical (unpaired) electrons. The first-order valence-electron chi connectivity index (χ1n) is 12.7. The van der Waals surface area contributed by atoms with Crippen LogP contribution in [-0.2, 0) is 20.7 Å². The van der Waals surface area contributed by atoms with Gasteiger partial charge in [0.25, 0.3) is 0 Å². The molecule has 0 bridgehead atoms. The number of aromatic hydroxyl groups is 1. The van der Waals surface area contributed by atoms with E-state index < -0.39 is 54.6 Å². The van der Waals surface area contributed by atoms with Gasteiger partial charge in [-0.05, 0) is 49.2 Å². The van der Waals surface area contributed by atoms with Crippen molar-refractivity contribution in [3.05, 3.63) is 75.1 Å². The van der Waals surface area contributed by atoms with E-state index in [1.165, 1.54) is 38.3 Å². The summed E-state index contributed by atoms with van der Waals surface area (Å²) in [7, 11) is 1.38. The van der Waals surface area contributed by atoms with Crippen LogP contribution in [0.3, 0.4) is 0 Å². The van der Waals surface area contributed by atoms with E-state index in [-0.39, 0.29) is 40.2 Å². The lowest BCUT2D eigenvalue weighted by Gasteiger charge is -2.42. The molecule has 4 rings (SSSR count). The minimum Gasteiger partial charge on any atom is -0.508 e. The lowest BCUT2D eigenvalue weighted by atomic mass is 9.89. The van der Waals surface area contributed by atoms with E-state index in [2.05, 4.69) is 0 Å². The van der Waals surface area contributed by atoms with Gasteiger partial charge in [-0.3, -0.25) is 4.79 Å². The summed E-state index contributed by atoms with van der Waals surface area (Å²) in [5.74, 6) is -0.456. The molecule has 1 aromatic heterocycles. The first-order chi connectivity index (χ1) is 19.0. The molecule has 2 aromatic carbocycles. The van der Waals surface area contributed by atoms with Gasteiger partial charge in [0.1, 0.15) is 47.3 Å². The molecular formula is C29H32O11. The van der Waals surface area contributed by atoms with Gasteiger partial charge in [-0.1, -0.05) is 12.1 Å². The lowest BCUT2D eigenvalue weighted by molar-refractivity contribution is -0.239. The van der Waals surface area contributed by atoms with Crippen molar-refractivity contribution < 1.29 is 49.0 Å². The molecule has 11 heteroatoms. The summed E-state index contributed by atoms with van der Waals surface area (Å²) in [5, 5.41) is 51.0. The van der Waals surface area contributed by atoms with E-state index in [0.29, 0.717) is 11.1 Å². The Hall–Kier alpha value is -3.74. The smallest absolute Gasteiger partial charge is 0.331 e. The van der Waals surface area contributed by atoms with E-state index in [0.717, 1.165) is 6.08 Å². The first kappa shape index (κ1) is 29.2. The number of carbonyl (C=O) groups is 1. The van der Waals surface area contributed by atoms with Crippen LogP contribution >= 0.6 is 0 Å². The van der Waals surface area contributed by atoms with Crippen molar-refractivity contribution >= 4 is 23.0 Å². The van der Waals surface area contributed by atoms with E-state index in [9.17, 15) is 35.1 Å². The maximum absolute atomic E-state index is 13.1. The predicted molar refractivity (Wildman–Crippen MR) is 143 cm³/mol. The third kappa shape index (κ3) is 6.03. The predicted octanol–water partition coefficient (Wildman–Crippen LogP) is 1.52. The van der Waals surface area contributed by atoms with Gasteiger partial charge in [-0.2, -0.15) is 0 Å². The van der Waals surface area contributed by atoms with Gasteiger partial charge < -0.3 is 44.2 Å². The largest absolute Gasteiger partial charge is 0.508 e. The summed E-state index contributed by atoms with van der Waals surface area (Å²) in [6.45, 7) is 2.55. The maximum Gasteiger partial charge on any atom is 0.331 e. The van der Waals surface area contributed by atoms with E-state index in [1.54, 1.807) is 25.1 Å². The van der Waals surface area contributed by atoms with Crippen LogP contribution in [0, 0.1) is 6.92 Å². The Morgan fingerprint density at radius 2 is 1.85 bits per heavy atom. The average molecular weight is 557 g/mol. The highest BCUT2D eigenvalue weighted by Crippen LogP contribution is 2.43. The second-order valence-corrected chi connectivity index (χ2v) is 9.73. The Labute approximate surface area is 229 Å². The number of ether oxygens (including phenoxy) is 3. The normalized spacial score (nSPS) is 23.8. The fraction of sp³-hybridized carbons (Fsp3) is 0.379. The number of fused-ring (bicyclic) bond motifs is 1. The molecule has 0 saturated carbocycles. The Morgan fingerprint density at radius 3 is 2.48 bits per heavy atom. The highest BCUT2D eigenvalue weighted by molar-refractivity contribution is 5.88. The van der Waals surface area contributed by atoms with E-state index in [1.807, 2.05) is 0 Å². The topological polar surface area (TPSA) is 176 Å². The van der Waals surface area contributed by atoms with Gasteiger partial charge in [0.05, 0.1) is 30.8 Å². The van der Waals surface area contributed by atoms with Crippen LogP contribution in [0.15, 0.2) is 51.7 Å². The van der Waals surface area contributed by atoms with Crippen LogP contribution in [0.1, 0.15) is 35.5 Å². The highest BCUT2D eigenvalue weighted by atomic mass is 16.6. The molecule has 40 heavy (non-hydrogen) atoms. The van der Waals surface area contributed by atoms with Gasteiger partial charge >= 0.3 is 5.97 Å². The minimum absolute atomic E-state index is 0.0333. The first-order valence-corrected chi connectivity index (χ1v) is 12.7. The Morgan fingerprint density at radius 1 is 1.15 bits per heavy atom. The standard InChI is InChI=1S/C29H32O11/c1-14-10-20(37-3)24(27-23(14)19(33)12-18(38-27)11-15(2)31)28-29(26(36)25(35)21(13-30)39-28)40-22(34)9-6-16-4-7-17(32)8-5-16/h4-10,12,15,21,25-26,28-32,35-36H,11,13H2,1-3H3/b9-6+/t15-,21-,25-,26+,28-,29-/m1/s1. The number of aliphatic hydroxyl groups excluding tert-OH is 4. The molecule has 6 atom stereocenters. The summed E-state index contributed by atoms with van der Waals surface area (Å²) in [4.78, 5) is 26.0. The zero-order valence-corrected chi connectivity index (χ0v) is 22.2. The molecule has 0 unspecified atom stereocenters. The molecule has 1 saturated heterocycles. The minimum atomic E-state index is -1.70. The third-order valence-corrected chi connectivity index (χ3v) is 6.68. The van der Waals surface area contributed by atoms with E-state index in [4.69, 9.17) is 18.6 Å². The number of rotatable bonds is 8. The molecular weight excluding hydrogens is 524 g/mol. The molecule has 214 valence electrons. The average Bonchev–Trinajstić information content (AvgIpc) is 2.90. The molecule has 1 fully saturated rings. The molecule has 11 nitrogen and oxygen atoms in total. The molecule has 0 amide bonds. The molecule has 1 aliphatic rings. The quantitative estimate of drug-likeness (QED) is 0.201. The second-order valence-electron chi connectivity index (χ2n) is 9.73. The van der Waals surface area contributed by atoms with Crippen LogP contribution in [0.2, 0.25) is 0 Å². The number of esters is 1. The summed E-state index contributed by atoms with van der Waals surface area (Å²) in [6, 6.07) is 8.89. The molecule has 5 N–H and O–H groups in total. The van der Waals surface area contributed by atoms with Crippen LogP contribution in [0.25, 0.3) is 17.0 Å². The Kier molecular flexibility index (Phi) is 8.92. The molecule has 0 spiro atoms. The van der Waals surface area contributed by atoms with Crippen LogP contribution < -0.4 is 10.2 Å². The van der Waals surface area contributed by atoms with Gasteiger partial charge in [0.2, 0.25) is 0 Å². The molecule has 0 aliphatic carbocycles. The highest BCUT2D eigenvalue weighted by Gasteiger charge is 2.49. The zero-order valence-electron chi connectivity index (χ0n) is 22.2. The van der Waals surface area contributed by atoms with Crippen molar-refractivity contribution in [1.29, 1.82) is 0 Å². The monoisotopic (exact) mass is 556 g/mol. The number of hydrogen-bond acceptors (Lipinski definition) is 11. The summed E-state index contributed by atoms with van der Waals surface area (Å²) in [6.07, 6.45) is -5.68. The van der Waals surface area contributed by atoms with E-state index >= 15 is 0 Å². The fourth-order valence-corrected chi connectivity index (χ4v) is 4.77. The number of phenols is 1. The second kappa shape index (κ2) is 12.2. The van der Waals surface area contributed by atoms with Crippen molar-refractivity contribution in [3.63, 3.8) is 0 Å². The van der Waals surface area contributed by atoms with Crippen molar-refractivity contribution in [2.75, 3.05) is 13.7 Å². The zero-order chi connectivity index (χ0) is 29.1. The molecule has 1 aliphatic heterocycles. The molecule has 3 aromatic rings.